The van der Waals surface area contributed by atoms with Gasteiger partial charge in [-0.2, -0.15) is 36.5 Å². The molecule has 0 saturated carbocycles. The fraction of sp³-hybridized carbons (Fsp3) is 0.545. The minimum Gasteiger partial charge on any atom is -0.357 e. The molecule has 0 saturated heterocycles. The summed E-state index contributed by atoms with van der Waals surface area (Å²) in [4.78, 5) is 16.7. The first kappa shape index (κ1) is 14.5. The molecule has 2 rings (SSSR count). The molecule has 0 spiro atoms. The second-order valence-electron chi connectivity index (χ2n) is 4.13. The second-order valence-corrected chi connectivity index (χ2v) is 5.41. The van der Waals surface area contributed by atoms with Crippen LogP contribution in [0.4, 0.5) is 11.9 Å². The third-order valence-electron chi connectivity index (χ3n) is 2.71. The molecular formula is C11H18N8S. The molecule has 0 aliphatic carbocycles. The predicted octanol–water partition coefficient (Wildman–Crippen LogP) is 1.05. The largest absolute Gasteiger partial charge is 0.357 e. The fourth-order valence-electron chi connectivity index (χ4n) is 1.47. The van der Waals surface area contributed by atoms with Crippen LogP contribution in [0, 0.1) is 0 Å². The summed E-state index contributed by atoms with van der Waals surface area (Å²) in [6, 6.07) is 0. The van der Waals surface area contributed by atoms with Gasteiger partial charge in [0.15, 0.2) is 0 Å². The van der Waals surface area contributed by atoms with Gasteiger partial charge in [0.1, 0.15) is 12.7 Å². The van der Waals surface area contributed by atoms with Crippen LogP contribution in [0.25, 0.3) is 5.95 Å². The Morgan fingerprint density at radius 1 is 1.30 bits per heavy atom. The maximum absolute atomic E-state index is 4.33. The van der Waals surface area contributed by atoms with E-state index in [1.807, 2.05) is 11.8 Å². The zero-order valence-corrected chi connectivity index (χ0v) is 12.6. The number of hydrogen-bond donors (Lipinski definition) is 2. The highest BCUT2D eigenvalue weighted by Gasteiger charge is 2.08. The number of anilines is 2. The van der Waals surface area contributed by atoms with Crippen molar-refractivity contribution < 1.29 is 0 Å². The quantitative estimate of drug-likeness (QED) is 0.782. The molecule has 0 amide bonds. The summed E-state index contributed by atoms with van der Waals surface area (Å²) in [5, 5.41) is 10.7. The highest BCUT2D eigenvalue weighted by atomic mass is 32.2. The lowest BCUT2D eigenvalue weighted by atomic mass is 10.3. The number of thioether (sulfide) groups is 1. The van der Waals surface area contributed by atoms with E-state index in [9.17, 15) is 0 Å². The van der Waals surface area contributed by atoms with Crippen molar-refractivity contribution in [1.82, 2.24) is 29.7 Å². The van der Waals surface area contributed by atoms with Crippen molar-refractivity contribution in [3.8, 4) is 5.95 Å². The average molecular weight is 294 g/mol. The summed E-state index contributed by atoms with van der Waals surface area (Å²) >= 11 is 1.84. The first-order valence-corrected chi connectivity index (χ1v) is 7.57. The van der Waals surface area contributed by atoms with Crippen molar-refractivity contribution in [2.45, 2.75) is 18.6 Å². The van der Waals surface area contributed by atoms with E-state index < -0.39 is 0 Å². The van der Waals surface area contributed by atoms with Crippen molar-refractivity contribution in [2.24, 2.45) is 0 Å². The molecule has 0 aliphatic heterocycles. The second kappa shape index (κ2) is 7.04. The first-order chi connectivity index (χ1) is 9.72. The maximum Gasteiger partial charge on any atom is 0.258 e. The van der Waals surface area contributed by atoms with Gasteiger partial charge in [-0.25, -0.2) is 4.98 Å². The minimum absolute atomic E-state index is 0.433. The van der Waals surface area contributed by atoms with Crippen LogP contribution >= 0.6 is 11.8 Å². The summed E-state index contributed by atoms with van der Waals surface area (Å²) in [5.41, 5.74) is 0. The molecule has 9 heteroatoms. The van der Waals surface area contributed by atoms with Gasteiger partial charge in [0, 0.05) is 18.8 Å². The van der Waals surface area contributed by atoms with E-state index in [1.54, 1.807) is 13.4 Å². The van der Waals surface area contributed by atoms with Gasteiger partial charge in [-0.15, -0.1) is 0 Å². The molecule has 20 heavy (non-hydrogen) atoms. The topological polar surface area (TPSA) is 93.4 Å². The van der Waals surface area contributed by atoms with Crippen LogP contribution in [-0.4, -0.2) is 54.8 Å². The van der Waals surface area contributed by atoms with E-state index in [-0.39, 0.29) is 0 Å². The van der Waals surface area contributed by atoms with E-state index in [0.717, 1.165) is 13.0 Å². The highest BCUT2D eigenvalue weighted by Crippen LogP contribution is 2.11. The smallest absolute Gasteiger partial charge is 0.258 e. The van der Waals surface area contributed by atoms with E-state index >= 15 is 0 Å². The van der Waals surface area contributed by atoms with Gasteiger partial charge in [-0.05, 0) is 12.7 Å². The number of aromatic nitrogens is 6. The lowest BCUT2D eigenvalue weighted by molar-refractivity contribution is 0.789. The van der Waals surface area contributed by atoms with Crippen molar-refractivity contribution in [2.75, 3.05) is 30.5 Å². The standard InChI is InChI=1S/C11H18N8S/c1-8(20-3)4-5-14-10-16-9(12-2)17-11(18-10)19-7-13-6-15-19/h6-8H,4-5H2,1-3H3,(H2,12,14,16,17,18). The zero-order valence-electron chi connectivity index (χ0n) is 11.7. The lowest BCUT2D eigenvalue weighted by Gasteiger charge is -2.10. The lowest BCUT2D eigenvalue weighted by Crippen LogP contribution is -2.14. The van der Waals surface area contributed by atoms with Crippen LogP contribution in [-0.2, 0) is 0 Å². The summed E-state index contributed by atoms with van der Waals surface area (Å²) in [5.74, 6) is 1.45. The van der Waals surface area contributed by atoms with Crippen molar-refractivity contribution in [3.05, 3.63) is 12.7 Å². The number of hydrogen-bond acceptors (Lipinski definition) is 8. The van der Waals surface area contributed by atoms with Gasteiger partial charge in [0.25, 0.3) is 5.95 Å². The maximum atomic E-state index is 4.33. The monoisotopic (exact) mass is 294 g/mol. The summed E-state index contributed by atoms with van der Waals surface area (Å²) in [7, 11) is 1.76. The molecule has 0 bridgehead atoms. The Hall–Kier alpha value is -1.90. The van der Waals surface area contributed by atoms with Gasteiger partial charge < -0.3 is 10.6 Å². The summed E-state index contributed by atoms with van der Waals surface area (Å²) in [6.07, 6.45) is 6.14. The third-order valence-corrected chi connectivity index (χ3v) is 3.75. The van der Waals surface area contributed by atoms with Crippen molar-refractivity contribution in [1.29, 1.82) is 0 Å². The van der Waals surface area contributed by atoms with Crippen LogP contribution in [0.15, 0.2) is 12.7 Å². The Kier molecular flexibility index (Phi) is 5.10. The Balaban J connectivity index is 2.10. The van der Waals surface area contributed by atoms with Gasteiger partial charge in [0.05, 0.1) is 0 Å². The predicted molar refractivity (Wildman–Crippen MR) is 80.4 cm³/mol. The molecule has 2 N–H and O–H groups in total. The molecule has 2 aromatic heterocycles. The normalized spacial score (nSPS) is 12.2. The molecule has 2 aromatic rings. The highest BCUT2D eigenvalue weighted by molar-refractivity contribution is 7.99. The Morgan fingerprint density at radius 3 is 2.75 bits per heavy atom. The van der Waals surface area contributed by atoms with Gasteiger partial charge in [-0.3, -0.25) is 0 Å². The summed E-state index contributed by atoms with van der Waals surface area (Å²) in [6.45, 7) is 3.01. The molecule has 0 radical (unpaired) electrons. The van der Waals surface area contributed by atoms with E-state index in [4.69, 9.17) is 0 Å². The van der Waals surface area contributed by atoms with E-state index in [0.29, 0.717) is 23.1 Å². The number of nitrogens with zero attached hydrogens (tertiary/aromatic N) is 6. The number of rotatable bonds is 7. The molecule has 2 heterocycles. The molecule has 0 aliphatic rings. The van der Waals surface area contributed by atoms with Gasteiger partial charge >= 0.3 is 0 Å². The number of nitrogens with one attached hydrogen (secondary N) is 2. The Bertz CT molecular complexity index is 529. The molecule has 0 fully saturated rings. The summed E-state index contributed by atoms with van der Waals surface area (Å²) < 4.78 is 1.50. The Labute approximate surface area is 121 Å². The molecule has 108 valence electrons. The fourth-order valence-corrected chi connectivity index (χ4v) is 1.83. The molecule has 8 nitrogen and oxygen atoms in total. The van der Waals surface area contributed by atoms with Crippen LogP contribution in [0.2, 0.25) is 0 Å². The average Bonchev–Trinajstić information content (AvgIpc) is 3.01. The van der Waals surface area contributed by atoms with Crippen molar-refractivity contribution in [3.63, 3.8) is 0 Å². The zero-order chi connectivity index (χ0) is 14.4. The Morgan fingerprint density at radius 2 is 2.10 bits per heavy atom. The molecular weight excluding hydrogens is 276 g/mol. The van der Waals surface area contributed by atoms with Gasteiger partial charge in [0.2, 0.25) is 11.9 Å². The third kappa shape index (κ3) is 3.80. The molecule has 1 atom stereocenters. The molecule has 0 aromatic carbocycles. The van der Waals surface area contributed by atoms with E-state index in [2.05, 4.69) is 48.8 Å². The minimum atomic E-state index is 0.433. The SMILES string of the molecule is CNc1nc(NCCC(C)SC)nc(-n2cncn2)n1. The van der Waals surface area contributed by atoms with Crippen molar-refractivity contribution >= 4 is 23.7 Å². The van der Waals surface area contributed by atoms with Crippen LogP contribution in [0.1, 0.15) is 13.3 Å². The first-order valence-electron chi connectivity index (χ1n) is 6.28. The van der Waals surface area contributed by atoms with Crippen LogP contribution in [0.3, 0.4) is 0 Å². The van der Waals surface area contributed by atoms with E-state index in [1.165, 1.54) is 11.0 Å². The van der Waals surface area contributed by atoms with Crippen LogP contribution in [0.5, 0.6) is 0 Å². The van der Waals surface area contributed by atoms with Crippen LogP contribution < -0.4 is 10.6 Å². The van der Waals surface area contributed by atoms with Gasteiger partial charge in [-0.1, -0.05) is 6.92 Å². The molecule has 1 unspecified atom stereocenters.